The highest BCUT2D eigenvalue weighted by molar-refractivity contribution is 8.19. The van der Waals surface area contributed by atoms with Gasteiger partial charge in [-0.1, -0.05) is 36.4 Å². The maximum absolute atomic E-state index is 13.0. The first-order valence-corrected chi connectivity index (χ1v) is 11.7. The quantitative estimate of drug-likeness (QED) is 0.557. The molecule has 8 heteroatoms. The highest BCUT2D eigenvalue weighted by Gasteiger charge is 2.36. The number of rotatable bonds is 6. The van der Waals surface area contributed by atoms with E-state index in [-0.39, 0.29) is 29.7 Å². The monoisotopic (exact) mass is 461 g/mol. The van der Waals surface area contributed by atoms with Gasteiger partial charge in [0.25, 0.3) is 11.1 Å². The Kier molecular flexibility index (Phi) is 6.02. The minimum Gasteiger partial charge on any atom is -0.376 e. The number of fused-ring (bicyclic) bond motifs is 1. The smallest absolute Gasteiger partial charge is 0.298 e. The maximum atomic E-state index is 13.0. The highest BCUT2D eigenvalue weighted by atomic mass is 32.2. The molecule has 2 saturated heterocycles. The van der Waals surface area contributed by atoms with Gasteiger partial charge in [0.1, 0.15) is 6.54 Å². The summed E-state index contributed by atoms with van der Waals surface area (Å²) in [7, 11) is 0. The number of hydrogen-bond acceptors (Lipinski definition) is 5. The van der Waals surface area contributed by atoms with Crippen LogP contribution in [0.4, 0.5) is 10.5 Å². The molecule has 3 heterocycles. The Morgan fingerprint density at radius 3 is 2.70 bits per heavy atom. The molecule has 0 spiro atoms. The van der Waals surface area contributed by atoms with E-state index in [1.807, 2.05) is 41.1 Å². The largest absolute Gasteiger partial charge is 0.376 e. The lowest BCUT2D eigenvalue weighted by Crippen LogP contribution is -2.34. The molecule has 0 unspecified atom stereocenters. The van der Waals surface area contributed by atoms with Gasteiger partial charge in [0.15, 0.2) is 0 Å². The number of ether oxygens (including phenoxy) is 1. The van der Waals surface area contributed by atoms with Crippen molar-refractivity contribution in [3.63, 3.8) is 0 Å². The second-order valence-electron chi connectivity index (χ2n) is 8.02. The van der Waals surface area contributed by atoms with Crippen LogP contribution < -0.4 is 10.2 Å². The van der Waals surface area contributed by atoms with Crippen molar-refractivity contribution >= 4 is 51.5 Å². The molecule has 2 aliphatic heterocycles. The lowest BCUT2D eigenvalue weighted by molar-refractivity contribution is -0.122. The number of nitrogens with one attached hydrogen (secondary N) is 1. The van der Waals surface area contributed by atoms with E-state index < -0.39 is 0 Å². The highest BCUT2D eigenvalue weighted by Crippen LogP contribution is 2.36. The molecule has 2 aromatic carbocycles. The Morgan fingerprint density at radius 1 is 1.12 bits per heavy atom. The van der Waals surface area contributed by atoms with E-state index in [0.29, 0.717) is 17.1 Å². The van der Waals surface area contributed by atoms with E-state index in [2.05, 4.69) is 5.32 Å². The van der Waals surface area contributed by atoms with Crippen molar-refractivity contribution in [1.29, 1.82) is 0 Å². The maximum Gasteiger partial charge on any atom is 0.298 e. The SMILES string of the molecule is O=C(Cn1cc(/C=C2\SC(=O)N(c3ccccc3)C2=O)c2ccccc21)NC[C@@H]1CCCO1. The molecular formula is C25H23N3O4S. The minimum atomic E-state index is -0.345. The second-order valence-corrected chi connectivity index (χ2v) is 9.01. The summed E-state index contributed by atoms with van der Waals surface area (Å²) in [4.78, 5) is 39.6. The van der Waals surface area contributed by atoms with Gasteiger partial charge in [0, 0.05) is 35.8 Å². The third-order valence-corrected chi connectivity index (χ3v) is 6.65. The van der Waals surface area contributed by atoms with Crippen LogP contribution in [0.3, 0.4) is 0 Å². The number of nitrogens with zero attached hydrogens (tertiary/aromatic N) is 2. The van der Waals surface area contributed by atoms with Gasteiger partial charge in [-0.2, -0.15) is 0 Å². The summed E-state index contributed by atoms with van der Waals surface area (Å²) in [5.74, 6) is -0.440. The number of amides is 3. The van der Waals surface area contributed by atoms with Crippen LogP contribution in [0.1, 0.15) is 18.4 Å². The molecule has 2 aliphatic rings. The molecule has 1 aromatic heterocycles. The molecular weight excluding hydrogens is 438 g/mol. The molecule has 168 valence electrons. The van der Waals surface area contributed by atoms with Crippen molar-refractivity contribution in [3.8, 4) is 0 Å². The summed E-state index contributed by atoms with van der Waals surface area (Å²) in [6, 6.07) is 16.6. The Bertz CT molecular complexity index is 1250. The van der Waals surface area contributed by atoms with Crippen LogP contribution in [0, 0.1) is 0 Å². The van der Waals surface area contributed by atoms with Gasteiger partial charge in [-0.05, 0) is 48.9 Å². The molecule has 5 rings (SSSR count). The summed E-state index contributed by atoms with van der Waals surface area (Å²) >= 11 is 0.922. The fourth-order valence-corrected chi connectivity index (χ4v) is 5.01. The summed E-state index contributed by atoms with van der Waals surface area (Å²) in [6.07, 6.45) is 5.67. The number of aromatic nitrogens is 1. The van der Waals surface area contributed by atoms with Crippen LogP contribution in [-0.4, -0.2) is 40.9 Å². The van der Waals surface area contributed by atoms with Gasteiger partial charge >= 0.3 is 0 Å². The van der Waals surface area contributed by atoms with Gasteiger partial charge in [-0.3, -0.25) is 14.4 Å². The van der Waals surface area contributed by atoms with Crippen molar-refractivity contribution in [3.05, 3.63) is 71.3 Å². The average Bonchev–Trinajstić information content (AvgIpc) is 3.53. The second kappa shape index (κ2) is 9.25. The van der Waals surface area contributed by atoms with E-state index >= 15 is 0 Å². The Labute approximate surface area is 195 Å². The topological polar surface area (TPSA) is 80.6 Å². The van der Waals surface area contributed by atoms with Crippen molar-refractivity contribution in [2.24, 2.45) is 0 Å². The molecule has 0 bridgehead atoms. The molecule has 1 atom stereocenters. The molecule has 0 aliphatic carbocycles. The number of thioether (sulfide) groups is 1. The number of carbonyl (C=O) groups excluding carboxylic acids is 3. The molecule has 3 aromatic rings. The fraction of sp³-hybridized carbons (Fsp3) is 0.240. The van der Waals surface area contributed by atoms with E-state index in [9.17, 15) is 14.4 Å². The zero-order chi connectivity index (χ0) is 22.8. The molecule has 1 N–H and O–H groups in total. The molecule has 0 saturated carbocycles. The number of benzene rings is 2. The first-order chi connectivity index (χ1) is 16.1. The van der Waals surface area contributed by atoms with Crippen molar-refractivity contribution in [2.75, 3.05) is 18.1 Å². The summed E-state index contributed by atoms with van der Waals surface area (Å²) in [5.41, 5.74) is 2.23. The van der Waals surface area contributed by atoms with Crippen molar-refractivity contribution in [1.82, 2.24) is 9.88 Å². The number of hydrogen-bond donors (Lipinski definition) is 1. The molecule has 33 heavy (non-hydrogen) atoms. The number of anilines is 1. The Hall–Kier alpha value is -3.36. The van der Waals surface area contributed by atoms with E-state index in [1.54, 1.807) is 30.3 Å². The third kappa shape index (κ3) is 4.44. The molecule has 7 nitrogen and oxygen atoms in total. The zero-order valence-electron chi connectivity index (χ0n) is 17.9. The first-order valence-electron chi connectivity index (χ1n) is 10.9. The molecule has 2 fully saturated rings. The van der Waals surface area contributed by atoms with E-state index in [4.69, 9.17) is 4.74 Å². The average molecular weight is 462 g/mol. The van der Waals surface area contributed by atoms with Crippen LogP contribution in [0.2, 0.25) is 0 Å². The standard InChI is InChI=1S/C25H23N3O4S/c29-23(26-14-19-9-6-12-32-19)16-27-15-17(20-10-4-5-11-21(20)27)13-22-24(30)28(25(31)33-22)18-7-2-1-3-8-18/h1-5,7-8,10-11,13,15,19H,6,9,12,14,16H2,(H,26,29)/b22-13-/t19-/m0/s1. The summed E-state index contributed by atoms with van der Waals surface area (Å²) < 4.78 is 7.44. The summed E-state index contributed by atoms with van der Waals surface area (Å²) in [6.45, 7) is 1.42. The zero-order valence-corrected chi connectivity index (χ0v) is 18.7. The molecule has 3 amide bonds. The third-order valence-electron chi connectivity index (χ3n) is 5.78. The normalized spacial score (nSPS) is 19.7. The predicted molar refractivity (Wildman–Crippen MR) is 129 cm³/mol. The van der Waals surface area contributed by atoms with E-state index in [1.165, 1.54) is 4.90 Å². The van der Waals surface area contributed by atoms with Gasteiger partial charge < -0.3 is 14.6 Å². The van der Waals surface area contributed by atoms with Crippen molar-refractivity contribution in [2.45, 2.75) is 25.5 Å². The summed E-state index contributed by atoms with van der Waals surface area (Å²) in [5, 5.41) is 3.54. The lowest BCUT2D eigenvalue weighted by atomic mass is 10.1. The van der Waals surface area contributed by atoms with Gasteiger partial charge in [-0.15, -0.1) is 0 Å². The van der Waals surface area contributed by atoms with Crippen LogP contribution in [0.25, 0.3) is 17.0 Å². The van der Waals surface area contributed by atoms with Crippen LogP contribution in [-0.2, 0) is 20.9 Å². The Balaban J connectivity index is 1.39. The Morgan fingerprint density at radius 2 is 1.91 bits per heavy atom. The van der Waals surface area contributed by atoms with Crippen LogP contribution in [0.15, 0.2) is 65.7 Å². The fourth-order valence-electron chi connectivity index (χ4n) is 4.17. The van der Waals surface area contributed by atoms with Gasteiger partial charge in [-0.25, -0.2) is 4.90 Å². The first kappa shape index (κ1) is 21.5. The van der Waals surface area contributed by atoms with E-state index in [0.717, 1.165) is 47.7 Å². The van der Waals surface area contributed by atoms with Crippen LogP contribution in [0.5, 0.6) is 0 Å². The number of para-hydroxylation sites is 2. The van der Waals surface area contributed by atoms with Crippen molar-refractivity contribution < 1.29 is 19.1 Å². The number of imide groups is 1. The number of carbonyl (C=O) groups is 3. The minimum absolute atomic E-state index is 0.0890. The lowest BCUT2D eigenvalue weighted by Gasteiger charge is -2.11. The van der Waals surface area contributed by atoms with Gasteiger partial charge in [0.05, 0.1) is 16.7 Å². The molecule has 0 radical (unpaired) electrons. The predicted octanol–water partition coefficient (Wildman–Crippen LogP) is 4.18. The van der Waals surface area contributed by atoms with Crippen LogP contribution >= 0.6 is 11.8 Å². The van der Waals surface area contributed by atoms with Gasteiger partial charge in [0.2, 0.25) is 5.91 Å².